The molecule has 0 aliphatic heterocycles. The monoisotopic (exact) mass is 1100 g/mol. The van der Waals surface area contributed by atoms with Crippen LogP contribution in [0.5, 0.6) is 0 Å². The maximum Gasteiger partial charge on any atom is 0.180 e. The van der Waals surface area contributed by atoms with E-state index in [0.717, 1.165) is 6.42 Å². The third-order valence-corrected chi connectivity index (χ3v) is 22.8. The Morgan fingerprint density at radius 2 is 0.718 bits per heavy atom. The molecule has 15 aromatic carbocycles. The van der Waals surface area contributed by atoms with Gasteiger partial charge in [-0.2, -0.15) is 0 Å². The van der Waals surface area contributed by atoms with Gasteiger partial charge in [0.2, 0.25) is 0 Å². The lowest BCUT2D eigenvalue weighted by Crippen LogP contribution is -2.75. The van der Waals surface area contributed by atoms with Crippen molar-refractivity contribution in [2.45, 2.75) is 6.42 Å². The summed E-state index contributed by atoms with van der Waals surface area (Å²) in [5.41, 5.74) is 16.8. The number of nitrogens with zero attached hydrogens (tertiary/aromatic N) is 1. The molecule has 1 aliphatic carbocycles. The van der Waals surface area contributed by atoms with Crippen LogP contribution in [0.2, 0.25) is 0 Å². The first-order chi connectivity index (χ1) is 42.1. The summed E-state index contributed by atoms with van der Waals surface area (Å²) >= 11 is 0. The average molecular weight is 1100 g/mol. The average Bonchev–Trinajstić information content (AvgIpc) is 3.70. The van der Waals surface area contributed by atoms with Crippen molar-refractivity contribution in [2.24, 2.45) is 0 Å². The van der Waals surface area contributed by atoms with E-state index in [9.17, 15) is 0 Å². The molecule has 398 valence electrons. The number of hydrogen-bond acceptors (Lipinski definition) is 0. The predicted molar refractivity (Wildman–Crippen MR) is 365 cm³/mol. The summed E-state index contributed by atoms with van der Waals surface area (Å²) in [6.07, 6.45) is 0.961. The molecular weight excluding hydrogens is 1040 g/mol. The molecule has 16 aromatic rings. The normalized spacial score (nSPS) is 12.0. The molecule has 0 atom stereocenters. The van der Waals surface area contributed by atoms with Gasteiger partial charge in [0.15, 0.2) is 8.07 Å². The molecule has 0 N–H and O–H groups in total. The maximum atomic E-state index is 2.49. The zero-order chi connectivity index (χ0) is 56.3. The van der Waals surface area contributed by atoms with Gasteiger partial charge in [-0.05, 0) is 180 Å². The van der Waals surface area contributed by atoms with Crippen molar-refractivity contribution in [1.82, 2.24) is 4.57 Å². The van der Waals surface area contributed by atoms with E-state index < -0.39 is 8.07 Å². The van der Waals surface area contributed by atoms with Crippen molar-refractivity contribution in [3.63, 3.8) is 0 Å². The van der Waals surface area contributed by atoms with E-state index >= 15 is 0 Å². The highest BCUT2D eigenvalue weighted by atomic mass is 28.3. The number of fused-ring (bicyclic) bond motifs is 11. The SMILES string of the molecule is c1cc(-c2ccc3cc(-c4ccc5ccccc5c4)ccc3c2)cc(-c2cc3ccccc3c3ccccc23)c1.c1ccc([Si](c2ccccc2)(c2cccc(-n3c4ccccc4c4ccccc43)c2)c2cccc3c2Cc2ccccc2-3)cc1. The minimum absolute atomic E-state index is 0.961. The first-order valence-electron chi connectivity index (χ1n) is 29.6. The standard InChI is InChI=1S/C43H31NSi.C40H26/c1-3-17-33(18-4-1)45(34-19-5-2-6-20-34,43-28-14-25-37-36-22-8-7-15-31(36)29-40(37)43)35-21-13-16-32(30-35)44-41-26-11-9-23-38(41)39-24-10-12-27-42(39)44;1-2-9-28-22-31(17-16-27(28)8-1)33-21-20-32-23-30(18-19-34(32)24-33)29-11-7-12-35(25-29)40-26-36-10-3-4-13-37(36)38-14-5-6-15-39(38)40/h1-28,30H,29H2;1-26H. The Morgan fingerprint density at radius 3 is 1.40 bits per heavy atom. The summed E-state index contributed by atoms with van der Waals surface area (Å²) in [7, 11) is -2.79. The molecule has 0 fully saturated rings. The second kappa shape index (κ2) is 21.0. The lowest BCUT2D eigenvalue weighted by atomic mass is 9.91. The van der Waals surface area contributed by atoms with Crippen LogP contribution in [0.15, 0.2) is 334 Å². The molecule has 1 aliphatic rings. The molecule has 0 amide bonds. The topological polar surface area (TPSA) is 4.93 Å². The molecule has 0 spiro atoms. The van der Waals surface area contributed by atoms with Crippen LogP contribution < -0.4 is 20.7 Å². The van der Waals surface area contributed by atoms with Crippen LogP contribution in [0, 0.1) is 0 Å². The number of hydrogen-bond donors (Lipinski definition) is 0. The molecule has 1 aromatic heterocycles. The van der Waals surface area contributed by atoms with Crippen LogP contribution in [0.4, 0.5) is 0 Å². The van der Waals surface area contributed by atoms with E-state index in [2.05, 4.69) is 338 Å². The Bertz CT molecular complexity index is 5130. The van der Waals surface area contributed by atoms with Crippen molar-refractivity contribution >= 4 is 93.7 Å². The Labute approximate surface area is 496 Å². The van der Waals surface area contributed by atoms with Crippen molar-refractivity contribution in [1.29, 1.82) is 0 Å². The van der Waals surface area contributed by atoms with E-state index in [1.54, 1.807) is 0 Å². The van der Waals surface area contributed by atoms with Gasteiger partial charge in [0.1, 0.15) is 0 Å². The second-order valence-corrected chi connectivity index (χ2v) is 26.4. The van der Waals surface area contributed by atoms with Crippen molar-refractivity contribution in [3.8, 4) is 50.2 Å². The summed E-state index contributed by atoms with van der Waals surface area (Å²) < 4.78 is 2.45. The van der Waals surface area contributed by atoms with Crippen molar-refractivity contribution in [2.75, 3.05) is 0 Å². The van der Waals surface area contributed by atoms with Crippen LogP contribution in [-0.4, -0.2) is 12.6 Å². The van der Waals surface area contributed by atoms with Crippen LogP contribution >= 0.6 is 0 Å². The summed E-state index contributed by atoms with van der Waals surface area (Å²) in [4.78, 5) is 0. The van der Waals surface area contributed by atoms with Crippen LogP contribution in [-0.2, 0) is 6.42 Å². The smallest absolute Gasteiger partial charge is 0.180 e. The second-order valence-electron chi connectivity index (χ2n) is 22.7. The highest BCUT2D eigenvalue weighted by Gasteiger charge is 2.44. The Balaban J connectivity index is 0.000000139. The molecule has 0 unspecified atom stereocenters. The molecule has 85 heavy (non-hydrogen) atoms. The summed E-state index contributed by atoms with van der Waals surface area (Å²) in [5.74, 6) is 0. The van der Waals surface area contributed by atoms with Gasteiger partial charge in [0, 0.05) is 16.5 Å². The fraction of sp³-hybridized carbons (Fsp3) is 0.0120. The number of aromatic nitrogens is 1. The first-order valence-corrected chi connectivity index (χ1v) is 31.6. The highest BCUT2D eigenvalue weighted by molar-refractivity contribution is 7.20. The third-order valence-electron chi connectivity index (χ3n) is 18.0. The fourth-order valence-electron chi connectivity index (χ4n) is 14.1. The van der Waals surface area contributed by atoms with Gasteiger partial charge in [-0.1, -0.05) is 279 Å². The summed E-state index contributed by atoms with van der Waals surface area (Å²) in [5, 5.41) is 18.5. The Hall–Kier alpha value is -10.6. The molecule has 0 saturated carbocycles. The Kier molecular flexibility index (Phi) is 12.4. The van der Waals surface area contributed by atoms with E-state index in [-0.39, 0.29) is 0 Å². The molecule has 1 heterocycles. The molecule has 17 rings (SSSR count). The lowest BCUT2D eigenvalue weighted by molar-refractivity contribution is 1.18. The minimum atomic E-state index is -2.79. The summed E-state index contributed by atoms with van der Waals surface area (Å²) in [6.45, 7) is 0. The zero-order valence-electron chi connectivity index (χ0n) is 46.9. The van der Waals surface area contributed by atoms with Gasteiger partial charge in [-0.15, -0.1) is 0 Å². The van der Waals surface area contributed by atoms with Crippen molar-refractivity contribution < 1.29 is 0 Å². The third kappa shape index (κ3) is 8.60. The maximum absolute atomic E-state index is 2.79. The van der Waals surface area contributed by atoms with Gasteiger partial charge in [0.05, 0.1) is 11.0 Å². The summed E-state index contributed by atoms with van der Waals surface area (Å²) in [6, 6.07) is 123. The van der Waals surface area contributed by atoms with Crippen molar-refractivity contribution in [3.05, 3.63) is 345 Å². The van der Waals surface area contributed by atoms with Crippen LogP contribution in [0.25, 0.3) is 115 Å². The lowest BCUT2D eigenvalue weighted by Gasteiger charge is -2.36. The van der Waals surface area contributed by atoms with Gasteiger partial charge in [-0.25, -0.2) is 0 Å². The van der Waals surface area contributed by atoms with Gasteiger partial charge in [0.25, 0.3) is 0 Å². The highest BCUT2D eigenvalue weighted by Crippen LogP contribution is 2.40. The molecule has 2 heteroatoms. The molecule has 0 saturated heterocycles. The van der Waals surface area contributed by atoms with Crippen LogP contribution in [0.3, 0.4) is 0 Å². The molecule has 0 bridgehead atoms. The van der Waals surface area contributed by atoms with E-state index in [4.69, 9.17) is 0 Å². The van der Waals surface area contributed by atoms with E-state index in [1.807, 2.05) is 0 Å². The molecule has 0 radical (unpaired) electrons. The number of para-hydroxylation sites is 2. The van der Waals surface area contributed by atoms with E-state index in [0.29, 0.717) is 0 Å². The minimum Gasteiger partial charge on any atom is -0.309 e. The largest absolute Gasteiger partial charge is 0.309 e. The predicted octanol–water partition coefficient (Wildman–Crippen LogP) is 19.0. The number of benzene rings is 15. The van der Waals surface area contributed by atoms with Gasteiger partial charge >= 0.3 is 0 Å². The van der Waals surface area contributed by atoms with Gasteiger partial charge in [-0.3, -0.25) is 0 Å². The molecular formula is C83H57NSi. The van der Waals surface area contributed by atoms with E-state index in [1.165, 1.54) is 147 Å². The molecule has 1 nitrogen and oxygen atoms in total. The fourth-order valence-corrected chi connectivity index (χ4v) is 19.1. The number of rotatable bonds is 8. The zero-order valence-corrected chi connectivity index (χ0v) is 47.9. The quantitative estimate of drug-likeness (QED) is 0.0812. The van der Waals surface area contributed by atoms with Crippen LogP contribution in [0.1, 0.15) is 11.1 Å². The first kappa shape index (κ1) is 50.1. The van der Waals surface area contributed by atoms with Gasteiger partial charge < -0.3 is 4.57 Å². The Morgan fingerprint density at radius 1 is 0.247 bits per heavy atom.